The summed E-state index contributed by atoms with van der Waals surface area (Å²) in [6.45, 7) is 8.18. The third-order valence-electron chi connectivity index (χ3n) is 5.98. The summed E-state index contributed by atoms with van der Waals surface area (Å²) in [5, 5.41) is 1.23. The summed E-state index contributed by atoms with van der Waals surface area (Å²) in [6, 6.07) is 16.6. The second-order valence-corrected chi connectivity index (χ2v) is 9.24. The zero-order chi connectivity index (χ0) is 22.8. The number of nitrogen functional groups attached to an aromatic ring is 1. The highest BCUT2D eigenvalue weighted by Crippen LogP contribution is 2.34. The van der Waals surface area contributed by atoms with Crippen LogP contribution in [0.3, 0.4) is 0 Å². The van der Waals surface area contributed by atoms with Gasteiger partial charge < -0.3 is 15.2 Å². The van der Waals surface area contributed by atoms with Crippen LogP contribution in [0.2, 0.25) is 0 Å². The normalized spacial score (nSPS) is 14.9. The van der Waals surface area contributed by atoms with Crippen molar-refractivity contribution in [3.8, 4) is 11.5 Å². The predicted molar refractivity (Wildman–Crippen MR) is 123 cm³/mol. The minimum atomic E-state index is -0.430. The van der Waals surface area contributed by atoms with Gasteiger partial charge in [0.25, 0.3) is 0 Å². The molecule has 0 aliphatic carbocycles. The van der Waals surface area contributed by atoms with E-state index in [1.807, 2.05) is 49.4 Å². The number of fused-ring (bicyclic) bond motifs is 2. The van der Waals surface area contributed by atoms with E-state index >= 15 is 0 Å². The smallest absolute Gasteiger partial charge is 0.344 e. The van der Waals surface area contributed by atoms with Crippen molar-refractivity contribution in [3.63, 3.8) is 0 Å². The number of aryl methyl sites for hydroxylation is 1. The number of ether oxygens (including phenoxy) is 2. The number of carbonyl (C=O) groups is 2. The van der Waals surface area contributed by atoms with Gasteiger partial charge in [0.2, 0.25) is 0 Å². The van der Waals surface area contributed by atoms with Crippen LogP contribution in [-0.2, 0) is 15.0 Å². The molecular weight excluding hydrogens is 402 g/mol. The second kappa shape index (κ2) is 6.82. The van der Waals surface area contributed by atoms with E-state index in [1.54, 1.807) is 12.1 Å². The Hall–Kier alpha value is -3.86. The first-order valence-electron chi connectivity index (χ1n) is 10.5. The number of esters is 2. The maximum absolute atomic E-state index is 12.9. The molecule has 0 saturated carbocycles. The SMILES string of the molecule is Cc1cc(C2=c3cc4c(cc3OC2=O)=C(c2ccccc2)C(=O)O4)cc(C(C)(C)C)c1N. The van der Waals surface area contributed by atoms with Crippen molar-refractivity contribution in [1.82, 2.24) is 0 Å². The third-order valence-corrected chi connectivity index (χ3v) is 5.98. The first-order valence-corrected chi connectivity index (χ1v) is 10.5. The lowest BCUT2D eigenvalue weighted by molar-refractivity contribution is -0.128. The van der Waals surface area contributed by atoms with Gasteiger partial charge in [0, 0.05) is 16.1 Å². The monoisotopic (exact) mass is 425 g/mol. The zero-order valence-corrected chi connectivity index (χ0v) is 18.4. The fourth-order valence-electron chi connectivity index (χ4n) is 4.36. The van der Waals surface area contributed by atoms with Gasteiger partial charge in [0.15, 0.2) is 0 Å². The molecule has 3 aromatic rings. The Morgan fingerprint density at radius 2 is 1.28 bits per heavy atom. The summed E-state index contributed by atoms with van der Waals surface area (Å²) in [5.41, 5.74) is 11.1. The van der Waals surface area contributed by atoms with Crippen molar-refractivity contribution in [1.29, 1.82) is 0 Å². The Morgan fingerprint density at radius 1 is 0.750 bits per heavy atom. The van der Waals surface area contributed by atoms with E-state index in [0.29, 0.717) is 33.1 Å². The maximum Gasteiger partial charge on any atom is 0.344 e. The highest BCUT2D eigenvalue weighted by atomic mass is 16.5. The molecule has 0 spiro atoms. The summed E-state index contributed by atoms with van der Waals surface area (Å²) in [7, 11) is 0. The molecule has 5 heteroatoms. The molecule has 0 aromatic heterocycles. The van der Waals surface area contributed by atoms with Crippen LogP contribution in [0, 0.1) is 6.92 Å². The fourth-order valence-corrected chi connectivity index (χ4v) is 4.36. The molecule has 32 heavy (non-hydrogen) atoms. The van der Waals surface area contributed by atoms with E-state index in [0.717, 1.165) is 27.9 Å². The van der Waals surface area contributed by atoms with E-state index in [4.69, 9.17) is 15.2 Å². The van der Waals surface area contributed by atoms with Gasteiger partial charge in [0.1, 0.15) is 11.5 Å². The molecule has 0 bridgehead atoms. The van der Waals surface area contributed by atoms with Crippen molar-refractivity contribution in [2.75, 3.05) is 5.73 Å². The summed E-state index contributed by atoms with van der Waals surface area (Å²) >= 11 is 0. The van der Waals surface area contributed by atoms with Crippen LogP contribution in [0.15, 0.2) is 54.6 Å². The van der Waals surface area contributed by atoms with Crippen LogP contribution in [-0.4, -0.2) is 11.9 Å². The van der Waals surface area contributed by atoms with Crippen molar-refractivity contribution in [2.24, 2.45) is 0 Å². The van der Waals surface area contributed by atoms with Gasteiger partial charge in [-0.3, -0.25) is 0 Å². The Balaban J connectivity index is 1.78. The average molecular weight is 425 g/mol. The first kappa shape index (κ1) is 20.1. The van der Waals surface area contributed by atoms with Crippen LogP contribution >= 0.6 is 0 Å². The Kier molecular flexibility index (Phi) is 4.28. The highest BCUT2D eigenvalue weighted by Gasteiger charge is 2.31. The third kappa shape index (κ3) is 3.01. The second-order valence-electron chi connectivity index (χ2n) is 9.24. The number of rotatable bonds is 2. The Bertz CT molecular complexity index is 1440. The van der Waals surface area contributed by atoms with E-state index < -0.39 is 11.9 Å². The van der Waals surface area contributed by atoms with Crippen LogP contribution in [0.25, 0.3) is 11.1 Å². The quantitative estimate of drug-likeness (QED) is 0.388. The van der Waals surface area contributed by atoms with Crippen molar-refractivity contribution in [3.05, 3.63) is 87.3 Å². The average Bonchev–Trinajstić information content (AvgIpc) is 3.22. The molecule has 160 valence electrons. The van der Waals surface area contributed by atoms with Gasteiger partial charge in [-0.15, -0.1) is 0 Å². The molecule has 2 aliphatic heterocycles. The first-order chi connectivity index (χ1) is 15.1. The van der Waals surface area contributed by atoms with Gasteiger partial charge in [-0.2, -0.15) is 0 Å². The van der Waals surface area contributed by atoms with Gasteiger partial charge in [-0.1, -0.05) is 51.1 Å². The lowest BCUT2D eigenvalue weighted by Gasteiger charge is -2.23. The zero-order valence-electron chi connectivity index (χ0n) is 18.4. The van der Waals surface area contributed by atoms with Crippen LogP contribution in [0.4, 0.5) is 5.69 Å². The largest absolute Gasteiger partial charge is 0.422 e. The van der Waals surface area contributed by atoms with E-state index in [-0.39, 0.29) is 5.41 Å². The Labute approximate surface area is 185 Å². The number of anilines is 1. The van der Waals surface area contributed by atoms with Crippen molar-refractivity contribution >= 4 is 28.8 Å². The molecule has 0 fully saturated rings. The van der Waals surface area contributed by atoms with Gasteiger partial charge in [0.05, 0.1) is 11.1 Å². The lowest BCUT2D eigenvalue weighted by atomic mass is 9.82. The molecule has 2 N–H and O–H groups in total. The van der Waals surface area contributed by atoms with Crippen molar-refractivity contribution in [2.45, 2.75) is 33.1 Å². The molecule has 0 atom stereocenters. The van der Waals surface area contributed by atoms with E-state index in [2.05, 4.69) is 20.8 Å². The molecular formula is C27H23NO4. The number of hydrogen-bond donors (Lipinski definition) is 1. The maximum atomic E-state index is 12.9. The van der Waals surface area contributed by atoms with E-state index in [1.165, 1.54) is 0 Å². The van der Waals surface area contributed by atoms with Crippen LogP contribution in [0.5, 0.6) is 11.5 Å². The summed E-state index contributed by atoms with van der Waals surface area (Å²) in [4.78, 5) is 25.6. The molecule has 2 heterocycles. The highest BCUT2D eigenvalue weighted by molar-refractivity contribution is 6.21. The molecule has 5 nitrogen and oxygen atoms in total. The standard InChI is InChI=1S/C27H23NO4/c1-14-10-16(11-19(24(14)28)27(2,3)4)23-18-13-20-17(12-21(18)32-26(23)30)22(25(29)31-20)15-8-6-5-7-9-15/h5-13H,28H2,1-4H3. The summed E-state index contributed by atoms with van der Waals surface area (Å²) < 4.78 is 11.2. The molecule has 5 rings (SSSR count). The molecule has 0 amide bonds. The minimum Gasteiger partial charge on any atom is -0.422 e. The van der Waals surface area contributed by atoms with E-state index in [9.17, 15) is 9.59 Å². The predicted octanol–water partition coefficient (Wildman–Crippen LogP) is 3.11. The number of hydrogen-bond acceptors (Lipinski definition) is 5. The number of nitrogens with two attached hydrogens (primary N) is 1. The molecule has 3 aromatic carbocycles. The minimum absolute atomic E-state index is 0.191. The number of benzene rings is 3. The Morgan fingerprint density at radius 3 is 1.81 bits per heavy atom. The summed E-state index contributed by atoms with van der Waals surface area (Å²) in [5.74, 6) is -0.00438. The van der Waals surface area contributed by atoms with Crippen molar-refractivity contribution < 1.29 is 19.1 Å². The van der Waals surface area contributed by atoms with Gasteiger partial charge in [-0.25, -0.2) is 9.59 Å². The molecule has 2 aliphatic rings. The van der Waals surface area contributed by atoms with Crippen LogP contribution in [0.1, 0.15) is 43.0 Å². The summed E-state index contributed by atoms with van der Waals surface area (Å²) in [6.07, 6.45) is 0. The number of carbonyl (C=O) groups excluding carboxylic acids is 2. The van der Waals surface area contributed by atoms with Gasteiger partial charge in [-0.05, 0) is 58.9 Å². The molecule has 0 saturated heterocycles. The fraction of sp³-hybridized carbons (Fsp3) is 0.185. The van der Waals surface area contributed by atoms with Gasteiger partial charge >= 0.3 is 11.9 Å². The van der Waals surface area contributed by atoms with Crippen LogP contribution < -0.4 is 25.6 Å². The molecule has 0 radical (unpaired) electrons. The topological polar surface area (TPSA) is 78.6 Å². The lowest BCUT2D eigenvalue weighted by Crippen LogP contribution is -2.17. The molecule has 0 unspecified atom stereocenters.